The van der Waals surface area contributed by atoms with Gasteiger partial charge < -0.3 is 16.0 Å². The van der Waals surface area contributed by atoms with Gasteiger partial charge in [0.2, 0.25) is 5.91 Å². The van der Waals surface area contributed by atoms with Gasteiger partial charge in [0.15, 0.2) is 0 Å². The maximum atomic E-state index is 12.3. The second-order valence-corrected chi connectivity index (χ2v) is 7.47. The highest BCUT2D eigenvalue weighted by Gasteiger charge is 2.27. The van der Waals surface area contributed by atoms with Crippen molar-refractivity contribution in [1.29, 1.82) is 0 Å². The van der Waals surface area contributed by atoms with Crippen LogP contribution in [0.5, 0.6) is 0 Å². The van der Waals surface area contributed by atoms with E-state index in [-0.39, 0.29) is 29.8 Å². The van der Waals surface area contributed by atoms with Crippen LogP contribution in [-0.2, 0) is 4.79 Å². The predicted molar refractivity (Wildman–Crippen MR) is 99.8 cm³/mol. The van der Waals surface area contributed by atoms with Crippen LogP contribution in [0.2, 0.25) is 10.0 Å². The Morgan fingerprint density at radius 1 is 1.30 bits per heavy atom. The van der Waals surface area contributed by atoms with Crippen molar-refractivity contribution in [3.63, 3.8) is 0 Å². The number of rotatable bonds is 4. The normalized spacial score (nSPS) is 16.7. The molecule has 1 aromatic rings. The van der Waals surface area contributed by atoms with Crippen LogP contribution < -0.4 is 11.1 Å². The van der Waals surface area contributed by atoms with E-state index in [0.717, 1.165) is 32.5 Å². The fourth-order valence-electron chi connectivity index (χ4n) is 2.75. The standard InChI is InChI=1S/C16H23Cl2N3O.ClH/c1-16(2,19)10-21-7-5-11(6-8-21)15(22)20-12-3-4-13(17)14(18)9-12;/h3-4,9,11H,5-8,10,19H2,1-2H3,(H,20,22);1H. The molecule has 7 heteroatoms. The fraction of sp³-hybridized carbons (Fsp3) is 0.562. The summed E-state index contributed by atoms with van der Waals surface area (Å²) in [5.74, 6) is 0.0802. The third kappa shape index (κ3) is 6.48. The third-order valence-electron chi connectivity index (χ3n) is 3.78. The van der Waals surface area contributed by atoms with E-state index in [1.54, 1.807) is 18.2 Å². The van der Waals surface area contributed by atoms with E-state index < -0.39 is 0 Å². The molecule has 0 saturated carbocycles. The van der Waals surface area contributed by atoms with E-state index in [1.165, 1.54) is 0 Å². The lowest BCUT2D eigenvalue weighted by molar-refractivity contribution is -0.121. The number of piperidine rings is 1. The molecule has 130 valence electrons. The van der Waals surface area contributed by atoms with Gasteiger partial charge in [0.1, 0.15) is 0 Å². The second kappa shape index (κ2) is 8.54. The van der Waals surface area contributed by atoms with Crippen molar-refractivity contribution in [3.8, 4) is 0 Å². The molecule has 1 aliphatic rings. The number of halogens is 3. The number of amides is 1. The van der Waals surface area contributed by atoms with Crippen LogP contribution in [-0.4, -0.2) is 36.0 Å². The van der Waals surface area contributed by atoms with Crippen LogP contribution in [0.15, 0.2) is 18.2 Å². The first kappa shape index (κ1) is 20.5. The summed E-state index contributed by atoms with van der Waals surface area (Å²) in [5, 5.41) is 3.85. The van der Waals surface area contributed by atoms with Gasteiger partial charge in [-0.2, -0.15) is 0 Å². The molecule has 0 aromatic heterocycles. The Morgan fingerprint density at radius 3 is 2.43 bits per heavy atom. The monoisotopic (exact) mass is 379 g/mol. The molecule has 3 N–H and O–H groups in total. The van der Waals surface area contributed by atoms with Gasteiger partial charge in [-0.3, -0.25) is 4.79 Å². The molecule has 23 heavy (non-hydrogen) atoms. The summed E-state index contributed by atoms with van der Waals surface area (Å²) in [4.78, 5) is 14.6. The van der Waals surface area contributed by atoms with Gasteiger partial charge in [-0.05, 0) is 58.0 Å². The lowest BCUT2D eigenvalue weighted by atomic mass is 9.94. The molecular formula is C16H24Cl3N3O. The molecule has 1 saturated heterocycles. The SMILES string of the molecule is CC(C)(N)CN1CCC(C(=O)Nc2ccc(Cl)c(Cl)c2)CC1.Cl. The van der Waals surface area contributed by atoms with Crippen molar-refractivity contribution < 1.29 is 4.79 Å². The Kier molecular flexibility index (Phi) is 7.62. The molecule has 0 radical (unpaired) electrons. The Balaban J connectivity index is 0.00000264. The van der Waals surface area contributed by atoms with Crippen molar-refractivity contribution in [3.05, 3.63) is 28.2 Å². The number of anilines is 1. The summed E-state index contributed by atoms with van der Waals surface area (Å²) < 4.78 is 0. The van der Waals surface area contributed by atoms with E-state index in [2.05, 4.69) is 10.2 Å². The minimum atomic E-state index is -0.199. The number of nitrogens with two attached hydrogens (primary N) is 1. The first-order valence-electron chi connectivity index (χ1n) is 7.52. The lowest BCUT2D eigenvalue weighted by Gasteiger charge is -2.35. The van der Waals surface area contributed by atoms with E-state index in [4.69, 9.17) is 28.9 Å². The van der Waals surface area contributed by atoms with Crippen LogP contribution in [0.4, 0.5) is 5.69 Å². The Hall–Kier alpha value is -0.520. The van der Waals surface area contributed by atoms with Gasteiger partial charge in [0, 0.05) is 23.7 Å². The summed E-state index contributed by atoms with van der Waals surface area (Å²) in [6.07, 6.45) is 1.70. The quantitative estimate of drug-likeness (QED) is 0.835. The van der Waals surface area contributed by atoms with Gasteiger partial charge in [-0.25, -0.2) is 0 Å². The maximum Gasteiger partial charge on any atom is 0.227 e. The van der Waals surface area contributed by atoms with Gasteiger partial charge in [-0.1, -0.05) is 23.2 Å². The number of benzene rings is 1. The molecule has 1 fully saturated rings. The average Bonchev–Trinajstić information content (AvgIpc) is 2.42. The molecule has 0 spiro atoms. The summed E-state index contributed by atoms with van der Waals surface area (Å²) in [5.41, 5.74) is 6.53. The number of hydrogen-bond donors (Lipinski definition) is 2. The molecular weight excluding hydrogens is 357 g/mol. The third-order valence-corrected chi connectivity index (χ3v) is 4.52. The molecule has 2 rings (SSSR count). The summed E-state index contributed by atoms with van der Waals surface area (Å²) in [7, 11) is 0. The minimum Gasteiger partial charge on any atom is -0.326 e. The zero-order valence-corrected chi connectivity index (χ0v) is 15.8. The van der Waals surface area contributed by atoms with Crippen molar-refractivity contribution in [2.75, 3.05) is 25.0 Å². The molecule has 0 aliphatic carbocycles. The molecule has 1 heterocycles. The molecule has 1 aromatic carbocycles. The van der Waals surface area contributed by atoms with Crippen molar-refractivity contribution >= 4 is 47.2 Å². The van der Waals surface area contributed by atoms with Crippen LogP contribution in [0, 0.1) is 5.92 Å². The zero-order valence-electron chi connectivity index (χ0n) is 13.4. The Morgan fingerprint density at radius 2 is 1.91 bits per heavy atom. The second-order valence-electron chi connectivity index (χ2n) is 6.66. The first-order valence-corrected chi connectivity index (χ1v) is 8.27. The number of carbonyl (C=O) groups is 1. The number of hydrogen-bond acceptors (Lipinski definition) is 3. The first-order chi connectivity index (χ1) is 10.2. The lowest BCUT2D eigenvalue weighted by Crippen LogP contribution is -2.48. The minimum absolute atomic E-state index is 0. The average molecular weight is 381 g/mol. The molecule has 0 unspecified atom stereocenters. The zero-order chi connectivity index (χ0) is 16.3. The highest BCUT2D eigenvalue weighted by atomic mass is 35.5. The Labute approximate surface area is 154 Å². The summed E-state index contributed by atoms with van der Waals surface area (Å²) in [6, 6.07) is 5.12. The van der Waals surface area contributed by atoms with Crippen LogP contribution in [0.25, 0.3) is 0 Å². The number of nitrogens with one attached hydrogen (secondary N) is 1. The summed E-state index contributed by atoms with van der Waals surface area (Å²) >= 11 is 11.8. The maximum absolute atomic E-state index is 12.3. The molecule has 1 amide bonds. The van der Waals surface area contributed by atoms with Crippen molar-refractivity contribution in [2.24, 2.45) is 11.7 Å². The van der Waals surface area contributed by atoms with E-state index in [0.29, 0.717) is 15.7 Å². The van der Waals surface area contributed by atoms with Gasteiger partial charge >= 0.3 is 0 Å². The largest absolute Gasteiger partial charge is 0.326 e. The highest BCUT2D eigenvalue weighted by Crippen LogP contribution is 2.26. The predicted octanol–water partition coefficient (Wildman–Crippen LogP) is 3.80. The van der Waals surface area contributed by atoms with E-state index >= 15 is 0 Å². The number of nitrogens with zero attached hydrogens (tertiary/aromatic N) is 1. The van der Waals surface area contributed by atoms with E-state index in [1.807, 2.05) is 13.8 Å². The summed E-state index contributed by atoms with van der Waals surface area (Å²) in [6.45, 7) is 6.71. The number of likely N-dealkylation sites (tertiary alicyclic amines) is 1. The highest BCUT2D eigenvalue weighted by molar-refractivity contribution is 6.42. The van der Waals surface area contributed by atoms with Crippen molar-refractivity contribution in [2.45, 2.75) is 32.2 Å². The number of carbonyl (C=O) groups excluding carboxylic acids is 1. The van der Waals surface area contributed by atoms with Gasteiger partial charge in [0.25, 0.3) is 0 Å². The molecule has 0 atom stereocenters. The Bertz CT molecular complexity index is 538. The molecule has 0 bridgehead atoms. The topological polar surface area (TPSA) is 58.4 Å². The van der Waals surface area contributed by atoms with Gasteiger partial charge in [-0.15, -0.1) is 12.4 Å². The molecule has 1 aliphatic heterocycles. The van der Waals surface area contributed by atoms with Gasteiger partial charge in [0.05, 0.1) is 10.0 Å². The van der Waals surface area contributed by atoms with E-state index in [9.17, 15) is 4.79 Å². The smallest absolute Gasteiger partial charge is 0.227 e. The van der Waals surface area contributed by atoms with Crippen LogP contribution in [0.1, 0.15) is 26.7 Å². The van der Waals surface area contributed by atoms with Crippen LogP contribution >= 0.6 is 35.6 Å². The molecule has 4 nitrogen and oxygen atoms in total. The fourth-order valence-corrected chi connectivity index (χ4v) is 3.05. The van der Waals surface area contributed by atoms with Crippen molar-refractivity contribution in [1.82, 2.24) is 4.90 Å². The van der Waals surface area contributed by atoms with Crippen LogP contribution in [0.3, 0.4) is 0 Å².